The topological polar surface area (TPSA) is 54.1 Å². The Kier molecular flexibility index (Phi) is 6.15. The molecule has 1 aromatic rings. The molecule has 0 saturated heterocycles. The van der Waals surface area contributed by atoms with Gasteiger partial charge < -0.3 is 15.0 Å². The van der Waals surface area contributed by atoms with Gasteiger partial charge in [-0.2, -0.15) is 11.8 Å². The zero-order valence-corrected chi connectivity index (χ0v) is 11.4. The minimum absolute atomic E-state index is 0.291. The molecule has 0 aromatic carbocycles. The molecular formula is C12H20N2O2S. The number of nitrogens with one attached hydrogen (secondary N) is 2. The maximum absolute atomic E-state index is 11.4. The number of hydrogen-bond acceptors (Lipinski definition) is 4. The Morgan fingerprint density at radius 3 is 3.06 bits per heavy atom. The average molecular weight is 256 g/mol. The highest BCUT2D eigenvalue weighted by Gasteiger charge is 2.11. The molecule has 1 rings (SSSR count). The van der Waals surface area contributed by atoms with Gasteiger partial charge in [0.25, 0.3) is 0 Å². The summed E-state index contributed by atoms with van der Waals surface area (Å²) in [6.07, 6.45) is 4.99. The van der Waals surface area contributed by atoms with Crippen LogP contribution in [0.4, 0.5) is 0 Å². The molecule has 0 fully saturated rings. The number of hydrogen-bond donors (Lipinski definition) is 2. The van der Waals surface area contributed by atoms with E-state index in [0.29, 0.717) is 17.4 Å². The summed E-state index contributed by atoms with van der Waals surface area (Å²) in [6, 6.07) is 1.74. The normalized spacial score (nSPS) is 12.4. The van der Waals surface area contributed by atoms with Gasteiger partial charge in [0.15, 0.2) is 0 Å². The van der Waals surface area contributed by atoms with Gasteiger partial charge >= 0.3 is 5.97 Å². The molecule has 5 heteroatoms. The average Bonchev–Trinajstić information content (AvgIpc) is 2.81. The van der Waals surface area contributed by atoms with Crippen LogP contribution in [-0.4, -0.2) is 36.1 Å². The molecule has 1 aromatic heterocycles. The fourth-order valence-electron chi connectivity index (χ4n) is 1.49. The lowest BCUT2D eigenvalue weighted by Gasteiger charge is -2.09. The van der Waals surface area contributed by atoms with E-state index in [1.54, 1.807) is 12.3 Å². The molecule has 1 unspecified atom stereocenters. The van der Waals surface area contributed by atoms with Gasteiger partial charge in [-0.15, -0.1) is 0 Å². The predicted octanol–water partition coefficient (Wildman–Crippen LogP) is 2.03. The molecule has 0 amide bonds. The summed E-state index contributed by atoms with van der Waals surface area (Å²) in [4.78, 5) is 14.5. The lowest BCUT2D eigenvalue weighted by Crippen LogP contribution is -2.19. The summed E-state index contributed by atoms with van der Waals surface area (Å²) in [5.74, 6) is -0.291. The van der Waals surface area contributed by atoms with Crippen molar-refractivity contribution in [3.8, 4) is 0 Å². The Hall–Kier alpha value is -0.940. The number of methoxy groups -OCH3 is 1. The Morgan fingerprint density at radius 1 is 1.65 bits per heavy atom. The number of aromatic nitrogens is 1. The summed E-state index contributed by atoms with van der Waals surface area (Å²) in [7, 11) is 1.40. The zero-order chi connectivity index (χ0) is 12.7. The van der Waals surface area contributed by atoms with Crippen molar-refractivity contribution >= 4 is 17.7 Å². The first kappa shape index (κ1) is 14.1. The van der Waals surface area contributed by atoms with Gasteiger partial charge in [-0.05, 0) is 25.3 Å². The van der Waals surface area contributed by atoms with Gasteiger partial charge in [0, 0.05) is 23.7 Å². The maximum atomic E-state index is 11.4. The molecule has 0 aliphatic carbocycles. The fourth-order valence-corrected chi connectivity index (χ4v) is 1.84. The Labute approximate surface area is 107 Å². The lowest BCUT2D eigenvalue weighted by molar-refractivity contribution is 0.0599. The lowest BCUT2D eigenvalue weighted by atomic mass is 10.2. The second-order valence-electron chi connectivity index (χ2n) is 3.87. The minimum Gasteiger partial charge on any atom is -0.465 e. The molecule has 17 heavy (non-hydrogen) atoms. The summed E-state index contributed by atoms with van der Waals surface area (Å²) < 4.78 is 4.71. The first-order valence-corrected chi connectivity index (χ1v) is 6.96. The first-order chi connectivity index (χ1) is 8.19. The third-order valence-corrected chi connectivity index (χ3v) is 3.71. The number of carbonyl (C=O) groups excluding carboxylic acids is 1. The van der Waals surface area contributed by atoms with Crippen LogP contribution in [0.25, 0.3) is 0 Å². The highest BCUT2D eigenvalue weighted by Crippen LogP contribution is 2.10. The van der Waals surface area contributed by atoms with E-state index in [9.17, 15) is 4.79 Å². The molecular weight excluding hydrogens is 236 g/mol. The van der Waals surface area contributed by atoms with E-state index < -0.39 is 0 Å². The largest absolute Gasteiger partial charge is 0.465 e. The number of H-pyrrole nitrogens is 1. The molecule has 0 saturated carbocycles. The van der Waals surface area contributed by atoms with Crippen molar-refractivity contribution in [2.24, 2.45) is 0 Å². The van der Waals surface area contributed by atoms with Crippen molar-refractivity contribution in [1.82, 2.24) is 10.3 Å². The number of aromatic amines is 1. The molecule has 0 aliphatic rings. The predicted molar refractivity (Wildman–Crippen MR) is 71.4 cm³/mol. The monoisotopic (exact) mass is 256 g/mol. The molecule has 1 atom stereocenters. The van der Waals surface area contributed by atoms with E-state index in [0.717, 1.165) is 18.7 Å². The third-order valence-electron chi connectivity index (χ3n) is 2.67. The van der Waals surface area contributed by atoms with Gasteiger partial charge in [-0.25, -0.2) is 4.79 Å². The number of esters is 1. The van der Waals surface area contributed by atoms with Crippen LogP contribution in [0.5, 0.6) is 0 Å². The molecule has 1 heterocycles. The van der Waals surface area contributed by atoms with Crippen molar-refractivity contribution in [3.05, 3.63) is 23.5 Å². The Bertz CT molecular complexity index is 352. The number of ether oxygens (including phenoxy) is 1. The Balaban J connectivity index is 2.37. The highest BCUT2D eigenvalue weighted by molar-refractivity contribution is 7.99. The van der Waals surface area contributed by atoms with Crippen molar-refractivity contribution in [3.63, 3.8) is 0 Å². The van der Waals surface area contributed by atoms with Crippen LogP contribution >= 0.6 is 11.8 Å². The number of rotatable bonds is 7. The van der Waals surface area contributed by atoms with Crippen LogP contribution < -0.4 is 5.32 Å². The van der Waals surface area contributed by atoms with Crippen molar-refractivity contribution in [2.75, 3.05) is 19.9 Å². The van der Waals surface area contributed by atoms with Crippen molar-refractivity contribution < 1.29 is 9.53 Å². The van der Waals surface area contributed by atoms with Gasteiger partial charge in [0.2, 0.25) is 0 Å². The van der Waals surface area contributed by atoms with E-state index >= 15 is 0 Å². The van der Waals surface area contributed by atoms with Gasteiger partial charge in [0.05, 0.1) is 12.7 Å². The third kappa shape index (κ3) is 4.44. The molecule has 0 bridgehead atoms. The SMILES string of the molecule is COC(=O)c1cc[nH]c1CNCCC(C)SC. The minimum atomic E-state index is -0.291. The van der Waals surface area contributed by atoms with Crippen LogP contribution in [-0.2, 0) is 11.3 Å². The summed E-state index contributed by atoms with van der Waals surface area (Å²) in [5.41, 5.74) is 1.49. The molecule has 0 spiro atoms. The van der Waals surface area contributed by atoms with Gasteiger partial charge in [-0.3, -0.25) is 0 Å². The fraction of sp³-hybridized carbons (Fsp3) is 0.583. The van der Waals surface area contributed by atoms with Crippen molar-refractivity contribution in [1.29, 1.82) is 0 Å². The second kappa shape index (κ2) is 7.40. The summed E-state index contributed by atoms with van der Waals surface area (Å²) in [6.45, 7) is 3.82. The van der Waals surface area contributed by atoms with Gasteiger partial charge in [0.1, 0.15) is 0 Å². The zero-order valence-electron chi connectivity index (χ0n) is 10.6. The van der Waals surface area contributed by atoms with E-state index in [4.69, 9.17) is 4.74 Å². The van der Waals surface area contributed by atoms with Crippen LogP contribution in [0, 0.1) is 0 Å². The standard InChI is InChI=1S/C12H20N2O2S/c1-9(17-3)4-6-13-8-11-10(5-7-14-11)12(15)16-2/h5,7,9,13-14H,4,6,8H2,1-3H3. The smallest absolute Gasteiger partial charge is 0.339 e. The number of thioether (sulfide) groups is 1. The van der Waals surface area contributed by atoms with Crippen LogP contribution in [0.1, 0.15) is 29.4 Å². The first-order valence-electron chi connectivity index (χ1n) is 5.67. The quantitative estimate of drug-likeness (QED) is 0.579. The van der Waals surface area contributed by atoms with E-state index in [1.165, 1.54) is 7.11 Å². The molecule has 96 valence electrons. The molecule has 0 aliphatic heterocycles. The summed E-state index contributed by atoms with van der Waals surface area (Å²) in [5, 5.41) is 3.98. The second-order valence-corrected chi connectivity index (χ2v) is 5.15. The molecule has 0 radical (unpaired) electrons. The highest BCUT2D eigenvalue weighted by atomic mass is 32.2. The van der Waals surface area contributed by atoms with E-state index in [1.807, 2.05) is 11.8 Å². The Morgan fingerprint density at radius 2 is 2.41 bits per heavy atom. The van der Waals surface area contributed by atoms with Crippen molar-refractivity contribution in [2.45, 2.75) is 25.1 Å². The van der Waals surface area contributed by atoms with Crippen LogP contribution in [0.2, 0.25) is 0 Å². The number of carbonyl (C=O) groups is 1. The van der Waals surface area contributed by atoms with Gasteiger partial charge in [-0.1, -0.05) is 6.92 Å². The molecule has 4 nitrogen and oxygen atoms in total. The van der Waals surface area contributed by atoms with E-state index in [2.05, 4.69) is 23.5 Å². The van der Waals surface area contributed by atoms with E-state index in [-0.39, 0.29) is 5.97 Å². The maximum Gasteiger partial charge on any atom is 0.339 e. The molecule has 2 N–H and O–H groups in total. The van der Waals surface area contributed by atoms with Crippen LogP contribution in [0.3, 0.4) is 0 Å². The van der Waals surface area contributed by atoms with Crippen LogP contribution in [0.15, 0.2) is 12.3 Å². The summed E-state index contributed by atoms with van der Waals surface area (Å²) >= 11 is 1.86.